The van der Waals surface area contributed by atoms with Gasteiger partial charge in [0.25, 0.3) is 11.8 Å². The summed E-state index contributed by atoms with van der Waals surface area (Å²) < 4.78 is 39.1. The molecule has 2 amide bonds. The quantitative estimate of drug-likeness (QED) is 0.464. The molecule has 0 radical (unpaired) electrons. The summed E-state index contributed by atoms with van der Waals surface area (Å²) in [6.07, 6.45) is -4.58. The molecule has 0 aliphatic heterocycles. The lowest BCUT2D eigenvalue weighted by Crippen LogP contribution is -2.30. The number of halogens is 4. The smallest absolute Gasteiger partial charge is 0.320 e. The van der Waals surface area contributed by atoms with Gasteiger partial charge in [-0.05, 0) is 41.8 Å². The molecule has 5 nitrogen and oxygen atoms in total. The van der Waals surface area contributed by atoms with Gasteiger partial charge < -0.3 is 5.32 Å². The first-order chi connectivity index (χ1) is 13.8. The van der Waals surface area contributed by atoms with E-state index >= 15 is 0 Å². The number of amides is 2. The molecule has 0 bridgehead atoms. The molecule has 0 atom stereocenters. The van der Waals surface area contributed by atoms with Crippen molar-refractivity contribution in [1.29, 1.82) is 0 Å². The van der Waals surface area contributed by atoms with Gasteiger partial charge in [0, 0.05) is 5.56 Å². The van der Waals surface area contributed by atoms with Crippen molar-refractivity contribution in [2.24, 2.45) is 0 Å². The zero-order chi connectivity index (χ0) is 21.0. The second-order valence-corrected chi connectivity index (χ2v) is 7.10. The van der Waals surface area contributed by atoms with Crippen LogP contribution in [-0.2, 0) is 6.18 Å². The van der Waals surface area contributed by atoms with E-state index in [1.54, 1.807) is 17.5 Å². The van der Waals surface area contributed by atoms with Crippen LogP contribution in [0.2, 0.25) is 5.02 Å². The fourth-order valence-electron chi connectivity index (χ4n) is 2.39. The minimum Gasteiger partial charge on any atom is -0.320 e. The van der Waals surface area contributed by atoms with Crippen LogP contribution < -0.4 is 16.2 Å². The summed E-state index contributed by atoms with van der Waals surface area (Å²) in [6, 6.07) is 12.2. The summed E-state index contributed by atoms with van der Waals surface area (Å²) in [4.78, 5) is 25.0. The van der Waals surface area contributed by atoms with E-state index in [1.165, 1.54) is 47.7 Å². The fourth-order valence-corrected chi connectivity index (χ4v) is 3.17. The number of nitrogens with one attached hydrogen (secondary N) is 3. The maximum atomic E-state index is 13.0. The van der Waals surface area contributed by atoms with Crippen LogP contribution >= 0.6 is 22.9 Å². The molecule has 3 rings (SSSR count). The molecule has 3 aromatic rings. The minimum absolute atomic E-state index is 0.0906. The van der Waals surface area contributed by atoms with Gasteiger partial charge in [0.1, 0.15) is 0 Å². The molecular formula is C19H13ClF3N3O2S. The third-order valence-electron chi connectivity index (χ3n) is 3.76. The van der Waals surface area contributed by atoms with Crippen molar-refractivity contribution in [2.45, 2.75) is 6.18 Å². The molecule has 1 aromatic heterocycles. The van der Waals surface area contributed by atoms with Crippen LogP contribution in [0.1, 0.15) is 25.6 Å². The van der Waals surface area contributed by atoms with Gasteiger partial charge in [0.2, 0.25) is 0 Å². The summed E-state index contributed by atoms with van der Waals surface area (Å²) in [5.41, 5.74) is 3.57. The molecule has 3 N–H and O–H groups in total. The molecule has 0 saturated carbocycles. The van der Waals surface area contributed by atoms with E-state index in [0.717, 1.165) is 6.07 Å². The molecular weight excluding hydrogens is 427 g/mol. The number of benzene rings is 2. The minimum atomic E-state index is -4.58. The van der Waals surface area contributed by atoms with Gasteiger partial charge in [0.05, 0.1) is 26.8 Å². The van der Waals surface area contributed by atoms with Crippen LogP contribution in [0, 0.1) is 0 Å². The van der Waals surface area contributed by atoms with Gasteiger partial charge in [-0.2, -0.15) is 13.2 Å². The molecule has 1 heterocycles. The fraction of sp³-hybridized carbons (Fsp3) is 0.0526. The van der Waals surface area contributed by atoms with E-state index < -0.39 is 23.6 Å². The molecule has 10 heteroatoms. The molecule has 0 spiro atoms. The number of alkyl halides is 3. The Balaban J connectivity index is 1.73. The number of hydrazine groups is 1. The first kappa shape index (κ1) is 20.7. The Morgan fingerprint density at radius 3 is 2.38 bits per heavy atom. The second kappa shape index (κ2) is 8.54. The number of hydrogen-bond acceptors (Lipinski definition) is 4. The number of anilines is 2. The van der Waals surface area contributed by atoms with Gasteiger partial charge in [-0.3, -0.25) is 20.4 Å². The largest absolute Gasteiger partial charge is 0.418 e. The number of carbonyl (C=O) groups is 2. The zero-order valence-corrected chi connectivity index (χ0v) is 16.1. The number of para-hydroxylation sites is 1. The van der Waals surface area contributed by atoms with Crippen molar-refractivity contribution >= 4 is 46.1 Å². The summed E-state index contributed by atoms with van der Waals surface area (Å²) in [5, 5.41) is 4.55. The Morgan fingerprint density at radius 1 is 0.931 bits per heavy atom. The van der Waals surface area contributed by atoms with Crippen molar-refractivity contribution in [3.63, 3.8) is 0 Å². The van der Waals surface area contributed by atoms with Crippen LogP contribution in [0.5, 0.6) is 0 Å². The number of carbonyl (C=O) groups excluding carboxylic acids is 2. The lowest BCUT2D eigenvalue weighted by Gasteiger charge is -2.15. The molecule has 2 aromatic carbocycles. The Morgan fingerprint density at radius 2 is 1.69 bits per heavy atom. The third kappa shape index (κ3) is 5.07. The van der Waals surface area contributed by atoms with E-state index in [4.69, 9.17) is 11.6 Å². The summed E-state index contributed by atoms with van der Waals surface area (Å²) in [6.45, 7) is 0. The maximum Gasteiger partial charge on any atom is 0.418 e. The van der Waals surface area contributed by atoms with Crippen LogP contribution in [-0.4, -0.2) is 11.8 Å². The van der Waals surface area contributed by atoms with Crippen molar-refractivity contribution in [3.05, 3.63) is 81.0 Å². The molecule has 29 heavy (non-hydrogen) atoms. The number of rotatable bonds is 5. The summed E-state index contributed by atoms with van der Waals surface area (Å²) >= 11 is 7.31. The Kier molecular flexibility index (Phi) is 6.09. The first-order valence-corrected chi connectivity index (χ1v) is 9.38. The van der Waals surface area contributed by atoms with Gasteiger partial charge >= 0.3 is 6.18 Å². The molecule has 0 aliphatic rings. The second-order valence-electron chi connectivity index (χ2n) is 5.75. The highest BCUT2D eigenvalue weighted by molar-refractivity contribution is 7.12. The topological polar surface area (TPSA) is 70.2 Å². The average Bonchev–Trinajstić information content (AvgIpc) is 3.22. The average molecular weight is 440 g/mol. The molecule has 0 saturated heterocycles. The highest BCUT2D eigenvalue weighted by Crippen LogP contribution is 2.34. The highest BCUT2D eigenvalue weighted by Gasteiger charge is 2.33. The lowest BCUT2D eigenvalue weighted by molar-refractivity contribution is -0.137. The van der Waals surface area contributed by atoms with Gasteiger partial charge in [-0.15, -0.1) is 11.3 Å². The Bertz CT molecular complexity index is 1040. The SMILES string of the molecule is O=C(NNc1ccccc1C(F)(F)F)c1ccc(Cl)c(NC(=O)c2cccs2)c1. The summed E-state index contributed by atoms with van der Waals surface area (Å²) in [5.74, 6) is -1.10. The predicted molar refractivity (Wildman–Crippen MR) is 106 cm³/mol. The van der Waals surface area contributed by atoms with Crippen molar-refractivity contribution < 1.29 is 22.8 Å². The normalized spacial score (nSPS) is 11.0. The lowest BCUT2D eigenvalue weighted by atomic mass is 10.1. The van der Waals surface area contributed by atoms with E-state index in [0.29, 0.717) is 4.88 Å². The third-order valence-corrected chi connectivity index (χ3v) is 4.96. The molecule has 0 aliphatic carbocycles. The van der Waals surface area contributed by atoms with Crippen LogP contribution in [0.4, 0.5) is 24.5 Å². The van der Waals surface area contributed by atoms with E-state index in [2.05, 4.69) is 16.2 Å². The monoisotopic (exact) mass is 439 g/mol. The Labute approximate surface area is 172 Å². The maximum absolute atomic E-state index is 13.0. The van der Waals surface area contributed by atoms with E-state index in [1.807, 2.05) is 0 Å². The predicted octanol–water partition coefficient (Wildman–Crippen LogP) is 5.43. The zero-order valence-electron chi connectivity index (χ0n) is 14.5. The standard InChI is InChI=1S/C19H13ClF3N3O2S/c20-13-8-7-11(10-15(13)24-18(28)16-6-3-9-29-16)17(27)26-25-14-5-2-1-4-12(14)19(21,22)23/h1-10,25H,(H,24,28)(H,26,27). The van der Waals surface area contributed by atoms with Gasteiger partial charge in [-0.1, -0.05) is 29.8 Å². The molecule has 0 fully saturated rings. The van der Waals surface area contributed by atoms with Crippen LogP contribution in [0.25, 0.3) is 0 Å². The molecule has 0 unspecified atom stereocenters. The number of hydrogen-bond donors (Lipinski definition) is 3. The van der Waals surface area contributed by atoms with Gasteiger partial charge in [0.15, 0.2) is 0 Å². The van der Waals surface area contributed by atoms with Crippen molar-refractivity contribution in [2.75, 3.05) is 10.7 Å². The van der Waals surface area contributed by atoms with Crippen molar-refractivity contribution in [1.82, 2.24) is 5.43 Å². The van der Waals surface area contributed by atoms with Gasteiger partial charge in [-0.25, -0.2) is 0 Å². The van der Waals surface area contributed by atoms with E-state index in [9.17, 15) is 22.8 Å². The molecule has 150 valence electrons. The summed E-state index contributed by atoms with van der Waals surface area (Å²) in [7, 11) is 0. The number of thiophene rings is 1. The Hall–Kier alpha value is -3.04. The first-order valence-electron chi connectivity index (χ1n) is 8.12. The highest BCUT2D eigenvalue weighted by atomic mass is 35.5. The van der Waals surface area contributed by atoms with Crippen LogP contribution in [0.3, 0.4) is 0 Å². The van der Waals surface area contributed by atoms with E-state index in [-0.39, 0.29) is 22.0 Å². The van der Waals surface area contributed by atoms with Crippen LogP contribution in [0.15, 0.2) is 60.0 Å². The van der Waals surface area contributed by atoms with Crippen molar-refractivity contribution in [3.8, 4) is 0 Å².